The second kappa shape index (κ2) is 4.87. The van der Waals surface area contributed by atoms with Crippen molar-refractivity contribution in [1.29, 1.82) is 0 Å². The molecule has 0 bridgehead atoms. The number of rotatable bonds is 3. The lowest BCUT2D eigenvalue weighted by Gasteiger charge is -2.42. The highest BCUT2D eigenvalue weighted by atomic mass is 79.9. The summed E-state index contributed by atoms with van der Waals surface area (Å²) in [5.74, 6) is 0.972. The van der Waals surface area contributed by atoms with E-state index in [1.165, 1.54) is 37.7 Å². The molecule has 110 valence electrons. The smallest absolute Gasteiger partial charge is 0.0398 e. The Hall–Kier alpha value is -0.300. The molecule has 1 unspecified atom stereocenters. The molecule has 2 aliphatic rings. The summed E-state index contributed by atoms with van der Waals surface area (Å²) >= 11 is 3.92. The van der Waals surface area contributed by atoms with E-state index >= 15 is 0 Å². The van der Waals surface area contributed by atoms with Crippen LogP contribution in [-0.4, -0.2) is 0 Å². The van der Waals surface area contributed by atoms with Crippen LogP contribution in [0.4, 0.5) is 0 Å². The number of halogens is 1. The van der Waals surface area contributed by atoms with E-state index in [9.17, 15) is 0 Å². The molecule has 0 radical (unpaired) electrons. The van der Waals surface area contributed by atoms with E-state index in [2.05, 4.69) is 61.8 Å². The lowest BCUT2D eigenvalue weighted by molar-refractivity contribution is 0.331. The molecule has 0 nitrogen and oxygen atoms in total. The molecule has 0 aliphatic heterocycles. The third kappa shape index (κ3) is 2.71. The molecule has 1 aromatic rings. The molecule has 1 aromatic carbocycles. The Morgan fingerprint density at radius 1 is 1.05 bits per heavy atom. The number of hydrogen-bond acceptors (Lipinski definition) is 0. The maximum absolute atomic E-state index is 3.92. The number of alkyl halides is 1. The fraction of sp³-hybridized carbons (Fsp3) is 0.684. The maximum Gasteiger partial charge on any atom is 0.0398 e. The molecule has 1 heteroatoms. The van der Waals surface area contributed by atoms with E-state index in [0.717, 1.165) is 5.92 Å². The monoisotopic (exact) mass is 334 g/mol. The lowest BCUT2D eigenvalue weighted by Crippen LogP contribution is -2.33. The van der Waals surface area contributed by atoms with E-state index in [0.29, 0.717) is 15.7 Å². The third-order valence-electron chi connectivity index (χ3n) is 5.48. The van der Waals surface area contributed by atoms with Crippen molar-refractivity contribution >= 4 is 15.9 Å². The summed E-state index contributed by atoms with van der Waals surface area (Å²) in [6.45, 7) is 9.62. The van der Waals surface area contributed by atoms with Crippen LogP contribution in [0.1, 0.15) is 81.3 Å². The highest BCUT2D eigenvalue weighted by Crippen LogP contribution is 2.48. The predicted octanol–water partition coefficient (Wildman–Crippen LogP) is 6.27. The summed E-state index contributed by atoms with van der Waals surface area (Å²) in [6.07, 6.45) is 6.78. The van der Waals surface area contributed by atoms with Gasteiger partial charge in [-0.25, -0.2) is 0 Å². The topological polar surface area (TPSA) is 0 Å². The van der Waals surface area contributed by atoms with Gasteiger partial charge in [0, 0.05) is 4.83 Å². The molecule has 2 aliphatic carbocycles. The largest absolute Gasteiger partial charge is 0.0839 e. The Bertz CT molecular complexity index is 508. The summed E-state index contributed by atoms with van der Waals surface area (Å²) in [6, 6.07) is 7.27. The van der Waals surface area contributed by atoms with Gasteiger partial charge in [-0.3, -0.25) is 0 Å². The fourth-order valence-corrected chi connectivity index (χ4v) is 4.40. The minimum absolute atomic E-state index is 0.327. The van der Waals surface area contributed by atoms with E-state index < -0.39 is 0 Å². The molecule has 0 aromatic heterocycles. The Labute approximate surface area is 132 Å². The SMILES string of the molecule is CC1(C)CCC(C)(C)c2cc(C(Br)CC3CC3)ccc21. The van der Waals surface area contributed by atoms with E-state index in [-0.39, 0.29) is 0 Å². The van der Waals surface area contributed by atoms with Gasteiger partial charge in [-0.15, -0.1) is 0 Å². The van der Waals surface area contributed by atoms with Gasteiger partial charge in [0.2, 0.25) is 0 Å². The minimum atomic E-state index is 0.327. The molecule has 3 rings (SSSR count). The van der Waals surface area contributed by atoms with Crippen molar-refractivity contribution < 1.29 is 0 Å². The van der Waals surface area contributed by atoms with E-state index in [1.807, 2.05) is 0 Å². The maximum atomic E-state index is 3.92. The molecule has 0 amide bonds. The first-order valence-electron chi connectivity index (χ1n) is 8.09. The summed E-state index contributed by atoms with van der Waals surface area (Å²) in [5, 5.41) is 0. The van der Waals surface area contributed by atoms with Crippen molar-refractivity contribution in [3.63, 3.8) is 0 Å². The fourth-order valence-electron chi connectivity index (χ4n) is 3.58. The zero-order chi connectivity index (χ0) is 14.5. The molecule has 1 fully saturated rings. The number of benzene rings is 1. The minimum Gasteiger partial charge on any atom is -0.0839 e. The van der Waals surface area contributed by atoms with Gasteiger partial charge in [0.1, 0.15) is 0 Å². The summed E-state index contributed by atoms with van der Waals surface area (Å²) in [5.41, 5.74) is 5.31. The van der Waals surface area contributed by atoms with Crippen LogP contribution in [0.25, 0.3) is 0 Å². The third-order valence-corrected chi connectivity index (χ3v) is 6.38. The zero-order valence-electron chi connectivity index (χ0n) is 13.3. The lowest BCUT2D eigenvalue weighted by atomic mass is 9.63. The summed E-state index contributed by atoms with van der Waals surface area (Å²) in [4.78, 5) is 0.543. The molecular formula is C19H27Br. The van der Waals surface area contributed by atoms with Gasteiger partial charge < -0.3 is 0 Å². The van der Waals surface area contributed by atoms with Gasteiger partial charge in [-0.2, -0.15) is 0 Å². The van der Waals surface area contributed by atoms with Crippen molar-refractivity contribution in [2.75, 3.05) is 0 Å². The van der Waals surface area contributed by atoms with Crippen molar-refractivity contribution in [3.8, 4) is 0 Å². The molecular weight excluding hydrogens is 308 g/mol. The van der Waals surface area contributed by atoms with E-state index in [4.69, 9.17) is 0 Å². The van der Waals surface area contributed by atoms with Gasteiger partial charge in [0.05, 0.1) is 0 Å². The van der Waals surface area contributed by atoms with Gasteiger partial charge in [-0.1, -0.05) is 74.7 Å². The second-order valence-electron chi connectivity index (χ2n) is 8.22. The first kappa shape index (κ1) is 14.6. The Morgan fingerprint density at radius 2 is 1.65 bits per heavy atom. The van der Waals surface area contributed by atoms with Crippen LogP contribution in [-0.2, 0) is 10.8 Å². The molecule has 0 N–H and O–H groups in total. The van der Waals surface area contributed by atoms with Gasteiger partial charge in [0.25, 0.3) is 0 Å². The van der Waals surface area contributed by atoms with Crippen LogP contribution in [0.15, 0.2) is 18.2 Å². The molecule has 0 spiro atoms. The van der Waals surface area contributed by atoms with Crippen molar-refractivity contribution in [1.82, 2.24) is 0 Å². The van der Waals surface area contributed by atoms with Gasteiger partial charge >= 0.3 is 0 Å². The standard InChI is InChI=1S/C19H27Br/c1-18(2)9-10-19(3,4)16-12-14(7-8-15(16)18)17(20)11-13-5-6-13/h7-8,12-13,17H,5-6,9-11H2,1-4H3. The van der Waals surface area contributed by atoms with Crippen LogP contribution in [0.5, 0.6) is 0 Å². The Morgan fingerprint density at radius 3 is 2.25 bits per heavy atom. The van der Waals surface area contributed by atoms with Crippen molar-refractivity contribution in [3.05, 3.63) is 34.9 Å². The number of fused-ring (bicyclic) bond motifs is 1. The first-order chi connectivity index (χ1) is 9.29. The van der Waals surface area contributed by atoms with E-state index in [1.54, 1.807) is 11.1 Å². The van der Waals surface area contributed by atoms with Crippen LogP contribution < -0.4 is 0 Å². The van der Waals surface area contributed by atoms with Crippen LogP contribution >= 0.6 is 15.9 Å². The molecule has 0 heterocycles. The summed E-state index contributed by atoms with van der Waals surface area (Å²) in [7, 11) is 0. The molecule has 20 heavy (non-hydrogen) atoms. The molecule has 0 saturated heterocycles. The average molecular weight is 335 g/mol. The number of hydrogen-bond donors (Lipinski definition) is 0. The van der Waals surface area contributed by atoms with Crippen molar-refractivity contribution in [2.24, 2.45) is 5.92 Å². The summed E-state index contributed by atoms with van der Waals surface area (Å²) < 4.78 is 0. The quantitative estimate of drug-likeness (QED) is 0.571. The van der Waals surface area contributed by atoms with Crippen LogP contribution in [0.3, 0.4) is 0 Å². The van der Waals surface area contributed by atoms with Gasteiger partial charge in [0.15, 0.2) is 0 Å². The Balaban J connectivity index is 1.97. The van der Waals surface area contributed by atoms with Crippen LogP contribution in [0.2, 0.25) is 0 Å². The normalized spacial score (nSPS) is 25.1. The second-order valence-corrected chi connectivity index (χ2v) is 9.32. The van der Waals surface area contributed by atoms with Crippen LogP contribution in [0, 0.1) is 5.92 Å². The highest BCUT2D eigenvalue weighted by molar-refractivity contribution is 9.09. The molecule has 1 atom stereocenters. The Kier molecular flexibility index (Phi) is 3.56. The predicted molar refractivity (Wildman–Crippen MR) is 90.7 cm³/mol. The highest BCUT2D eigenvalue weighted by Gasteiger charge is 2.37. The average Bonchev–Trinajstić information content (AvgIpc) is 3.19. The van der Waals surface area contributed by atoms with Gasteiger partial charge in [-0.05, 0) is 52.7 Å². The molecule has 1 saturated carbocycles. The van der Waals surface area contributed by atoms with Crippen molar-refractivity contribution in [2.45, 2.75) is 75.5 Å². The first-order valence-corrected chi connectivity index (χ1v) is 9.00. The zero-order valence-corrected chi connectivity index (χ0v) is 14.9.